The van der Waals surface area contributed by atoms with Gasteiger partial charge in [-0.3, -0.25) is 14.8 Å². The number of H-pyrrole nitrogens is 2. The van der Waals surface area contributed by atoms with Gasteiger partial charge in [0.05, 0.1) is 23.8 Å². The number of nitrogens with two attached hydrogens (primary N) is 1. The number of aromatic nitrogens is 2. The number of morpholine rings is 1. The van der Waals surface area contributed by atoms with Crippen LogP contribution in [0.1, 0.15) is 0 Å². The van der Waals surface area contributed by atoms with Crippen molar-refractivity contribution in [1.29, 1.82) is 0 Å². The number of aromatic amines is 2. The van der Waals surface area contributed by atoms with E-state index in [-0.39, 0.29) is 16.4 Å². The smallest absolute Gasteiger partial charge is 0.327 e. The van der Waals surface area contributed by atoms with Gasteiger partial charge in [-0.1, -0.05) is 0 Å². The van der Waals surface area contributed by atoms with Crippen LogP contribution in [0.4, 0.5) is 17.2 Å². The van der Waals surface area contributed by atoms with Crippen molar-refractivity contribution >= 4 is 27.2 Å². The molecule has 0 saturated carbocycles. The average Bonchev–Trinajstić information content (AvgIpc) is 2.62. The fourth-order valence-electron chi connectivity index (χ4n) is 2.33. The Morgan fingerprint density at radius 1 is 1.04 bits per heavy atom. The van der Waals surface area contributed by atoms with E-state index >= 15 is 0 Å². The van der Waals surface area contributed by atoms with E-state index in [1.54, 1.807) is 0 Å². The predicted molar refractivity (Wildman–Crippen MR) is 92.3 cm³/mol. The van der Waals surface area contributed by atoms with Crippen molar-refractivity contribution in [3.63, 3.8) is 0 Å². The van der Waals surface area contributed by atoms with E-state index in [1.165, 1.54) is 28.6 Å². The molecule has 0 radical (unpaired) electrons. The highest BCUT2D eigenvalue weighted by Crippen LogP contribution is 2.22. The molecule has 0 amide bonds. The second kappa shape index (κ2) is 7.19. The molecular formula is C14H16N6O5S. The lowest BCUT2D eigenvalue weighted by Crippen LogP contribution is -2.40. The van der Waals surface area contributed by atoms with Crippen LogP contribution >= 0.6 is 0 Å². The number of nitrogen functional groups attached to an aromatic ring is 1. The topological polar surface area (TPSA) is 163 Å². The SMILES string of the molecule is Nc1[nH]c(=O)[nH]c(=O)c1N=Nc1ccc(S(=O)(=O)N2CCOCC2)cc1. The summed E-state index contributed by atoms with van der Waals surface area (Å²) in [7, 11) is -3.60. The Morgan fingerprint density at radius 3 is 2.31 bits per heavy atom. The molecule has 1 aromatic carbocycles. The second-order valence-electron chi connectivity index (χ2n) is 5.38. The van der Waals surface area contributed by atoms with Crippen LogP contribution in [0, 0.1) is 0 Å². The van der Waals surface area contributed by atoms with Crippen molar-refractivity contribution in [1.82, 2.24) is 14.3 Å². The first-order chi connectivity index (χ1) is 12.4. The lowest BCUT2D eigenvalue weighted by Gasteiger charge is -2.25. The minimum atomic E-state index is -3.60. The third kappa shape index (κ3) is 3.71. The van der Waals surface area contributed by atoms with Crippen LogP contribution in [0.5, 0.6) is 0 Å². The third-order valence-corrected chi connectivity index (χ3v) is 5.57. The van der Waals surface area contributed by atoms with E-state index < -0.39 is 21.3 Å². The maximum atomic E-state index is 12.5. The standard InChI is InChI=1S/C14H16N6O5S/c15-12-11(13(21)17-14(22)16-12)19-18-9-1-3-10(4-2-9)26(23,24)20-5-7-25-8-6-20/h1-4H,5-8H2,(H4,15,16,17,21,22). The highest BCUT2D eigenvalue weighted by Gasteiger charge is 2.26. The van der Waals surface area contributed by atoms with Crippen molar-refractivity contribution in [2.45, 2.75) is 4.90 Å². The number of nitrogens with one attached hydrogen (secondary N) is 2. The molecule has 2 heterocycles. The van der Waals surface area contributed by atoms with Gasteiger partial charge in [0.15, 0.2) is 5.69 Å². The first-order valence-corrected chi connectivity index (χ1v) is 9.04. The van der Waals surface area contributed by atoms with E-state index in [9.17, 15) is 18.0 Å². The Bertz CT molecular complexity index is 1030. The lowest BCUT2D eigenvalue weighted by atomic mass is 10.3. The maximum Gasteiger partial charge on any atom is 0.327 e. The zero-order valence-corrected chi connectivity index (χ0v) is 14.3. The van der Waals surface area contributed by atoms with Crippen LogP contribution in [0.25, 0.3) is 0 Å². The summed E-state index contributed by atoms with van der Waals surface area (Å²) in [4.78, 5) is 27.0. The molecule has 11 nitrogen and oxygen atoms in total. The summed E-state index contributed by atoms with van der Waals surface area (Å²) >= 11 is 0. The Kier molecular flexibility index (Phi) is 4.97. The molecule has 1 aromatic heterocycles. The molecule has 0 unspecified atom stereocenters. The van der Waals surface area contributed by atoms with Crippen molar-refractivity contribution in [2.75, 3.05) is 32.0 Å². The Hall–Kier alpha value is -2.83. The van der Waals surface area contributed by atoms with Gasteiger partial charge in [-0.25, -0.2) is 13.2 Å². The summed E-state index contributed by atoms with van der Waals surface area (Å²) in [5.41, 5.74) is 4.08. The molecule has 0 aliphatic carbocycles. The highest BCUT2D eigenvalue weighted by molar-refractivity contribution is 7.89. The Balaban J connectivity index is 1.82. The van der Waals surface area contributed by atoms with E-state index in [4.69, 9.17) is 10.5 Å². The molecule has 1 aliphatic heterocycles. The number of hydrogen-bond donors (Lipinski definition) is 3. The molecule has 12 heteroatoms. The fraction of sp³-hybridized carbons (Fsp3) is 0.286. The third-order valence-electron chi connectivity index (χ3n) is 3.66. The van der Waals surface area contributed by atoms with Crippen molar-refractivity contribution in [3.8, 4) is 0 Å². The van der Waals surface area contributed by atoms with Crippen LogP contribution in [-0.4, -0.2) is 49.0 Å². The lowest BCUT2D eigenvalue weighted by molar-refractivity contribution is 0.0730. The summed E-state index contributed by atoms with van der Waals surface area (Å²) < 4.78 is 31.6. The predicted octanol–water partition coefficient (Wildman–Crippen LogP) is 0.0817. The van der Waals surface area contributed by atoms with Gasteiger partial charge in [0, 0.05) is 13.1 Å². The van der Waals surface area contributed by atoms with Gasteiger partial charge in [0.2, 0.25) is 10.0 Å². The minimum absolute atomic E-state index is 0.125. The number of rotatable bonds is 4. The quantitative estimate of drug-likeness (QED) is 0.636. The van der Waals surface area contributed by atoms with Gasteiger partial charge in [0.1, 0.15) is 5.82 Å². The van der Waals surface area contributed by atoms with Gasteiger partial charge in [-0.2, -0.15) is 9.42 Å². The molecule has 1 aliphatic rings. The summed E-state index contributed by atoms with van der Waals surface area (Å²) in [6, 6.07) is 5.71. The number of hydrogen-bond acceptors (Lipinski definition) is 8. The normalized spacial score (nSPS) is 16.2. The number of benzene rings is 1. The van der Waals surface area contributed by atoms with Crippen LogP contribution in [-0.2, 0) is 14.8 Å². The second-order valence-corrected chi connectivity index (χ2v) is 7.32. The molecule has 1 fully saturated rings. The van der Waals surface area contributed by atoms with Crippen molar-refractivity contribution in [3.05, 3.63) is 45.1 Å². The molecule has 0 spiro atoms. The van der Waals surface area contributed by atoms with Gasteiger partial charge in [0.25, 0.3) is 5.56 Å². The van der Waals surface area contributed by atoms with E-state index in [2.05, 4.69) is 15.2 Å². The number of anilines is 1. The monoisotopic (exact) mass is 380 g/mol. The van der Waals surface area contributed by atoms with Gasteiger partial charge in [-0.05, 0) is 24.3 Å². The summed E-state index contributed by atoms with van der Waals surface area (Å²) in [5, 5.41) is 7.55. The van der Waals surface area contributed by atoms with Gasteiger partial charge in [-0.15, -0.1) is 5.11 Å². The first-order valence-electron chi connectivity index (χ1n) is 7.60. The van der Waals surface area contributed by atoms with Gasteiger partial charge >= 0.3 is 5.69 Å². The van der Waals surface area contributed by atoms with Gasteiger partial charge < -0.3 is 10.5 Å². The van der Waals surface area contributed by atoms with E-state index in [0.717, 1.165) is 0 Å². The van der Waals surface area contributed by atoms with E-state index in [1.807, 2.05) is 4.98 Å². The molecule has 2 aromatic rings. The van der Waals surface area contributed by atoms with Crippen LogP contribution in [0.3, 0.4) is 0 Å². The summed E-state index contributed by atoms with van der Waals surface area (Å²) in [6.45, 7) is 1.33. The molecule has 4 N–H and O–H groups in total. The summed E-state index contributed by atoms with van der Waals surface area (Å²) in [6.07, 6.45) is 0. The Labute approximate surface area is 147 Å². The highest BCUT2D eigenvalue weighted by atomic mass is 32.2. The van der Waals surface area contributed by atoms with Crippen LogP contribution in [0.2, 0.25) is 0 Å². The zero-order valence-electron chi connectivity index (χ0n) is 13.5. The van der Waals surface area contributed by atoms with Crippen LogP contribution < -0.4 is 17.0 Å². The number of sulfonamides is 1. The number of ether oxygens (including phenoxy) is 1. The molecular weight excluding hydrogens is 364 g/mol. The number of nitrogens with zero attached hydrogens (tertiary/aromatic N) is 3. The molecule has 26 heavy (non-hydrogen) atoms. The summed E-state index contributed by atoms with van der Waals surface area (Å²) in [5.74, 6) is -0.214. The van der Waals surface area contributed by atoms with Crippen LogP contribution in [0.15, 0.2) is 49.0 Å². The average molecular weight is 380 g/mol. The number of azo groups is 1. The first kappa shape index (κ1) is 18.0. The maximum absolute atomic E-state index is 12.5. The van der Waals surface area contributed by atoms with Crippen molar-refractivity contribution < 1.29 is 13.2 Å². The zero-order chi connectivity index (χ0) is 18.7. The molecule has 1 saturated heterocycles. The molecule has 0 bridgehead atoms. The Morgan fingerprint density at radius 2 is 1.69 bits per heavy atom. The molecule has 0 atom stereocenters. The molecule has 3 rings (SSSR count). The van der Waals surface area contributed by atoms with Crippen molar-refractivity contribution in [2.24, 2.45) is 10.2 Å². The minimum Gasteiger partial charge on any atom is -0.383 e. The molecule has 138 valence electrons. The fourth-order valence-corrected chi connectivity index (χ4v) is 3.73. The largest absolute Gasteiger partial charge is 0.383 e. The van der Waals surface area contributed by atoms with E-state index in [0.29, 0.717) is 32.0 Å².